The van der Waals surface area contributed by atoms with E-state index < -0.39 is 8.13 Å². The summed E-state index contributed by atoms with van der Waals surface area (Å²) in [6.45, 7) is 4.90. The molecular formula is C11H16Cl5N3. The Kier molecular flexibility index (Phi) is 6.53. The van der Waals surface area contributed by atoms with Crippen molar-refractivity contribution in [3.8, 4) is 0 Å². The van der Waals surface area contributed by atoms with Gasteiger partial charge in [0.05, 0.1) is 5.69 Å². The molecule has 0 saturated heterocycles. The van der Waals surface area contributed by atoms with Crippen molar-refractivity contribution in [2.75, 3.05) is 0 Å². The van der Waals surface area contributed by atoms with E-state index in [1.54, 1.807) is 4.68 Å². The number of alkyl halides is 5. The summed E-state index contributed by atoms with van der Waals surface area (Å²) in [4.78, 5) is 0. The van der Waals surface area contributed by atoms with Gasteiger partial charge >= 0.3 is 0 Å². The lowest BCUT2D eigenvalue weighted by atomic mass is 10.1. The molecule has 1 aromatic rings. The summed E-state index contributed by atoms with van der Waals surface area (Å²) >= 11 is 29.9. The predicted molar refractivity (Wildman–Crippen MR) is 82.6 cm³/mol. The van der Waals surface area contributed by atoms with E-state index in [2.05, 4.69) is 17.2 Å². The minimum Gasteiger partial charge on any atom is -0.249 e. The standard InChI is InChI=1S/C11H16Cl5N3/c1-3-5-7-19-8(6-4-2)9(17-18-19)10(12,13)11(14,15)16/h3-7H2,1-2H3. The summed E-state index contributed by atoms with van der Waals surface area (Å²) in [5, 5.41) is 8.10. The molecule has 3 nitrogen and oxygen atoms in total. The number of rotatable bonds is 6. The second-order valence-electron chi connectivity index (χ2n) is 4.28. The Bertz CT molecular complexity index is 411. The molecule has 0 aliphatic heterocycles. The van der Waals surface area contributed by atoms with Gasteiger partial charge in [-0.1, -0.05) is 89.9 Å². The molecule has 1 rings (SSSR count). The molecule has 0 amide bonds. The van der Waals surface area contributed by atoms with Gasteiger partial charge in [0.15, 0.2) is 0 Å². The SMILES string of the molecule is CCCCn1nnc(C(Cl)(Cl)C(Cl)(Cl)Cl)c1CCC. The number of unbranched alkanes of at least 4 members (excludes halogenated alkanes) is 1. The van der Waals surface area contributed by atoms with E-state index in [9.17, 15) is 0 Å². The van der Waals surface area contributed by atoms with E-state index in [1.807, 2.05) is 6.92 Å². The zero-order chi connectivity index (χ0) is 14.7. The molecule has 0 aliphatic carbocycles. The van der Waals surface area contributed by atoms with Gasteiger partial charge in [0.25, 0.3) is 0 Å². The largest absolute Gasteiger partial charge is 0.249 e. The third kappa shape index (κ3) is 4.04. The number of halogens is 5. The molecule has 0 atom stereocenters. The fourth-order valence-corrected chi connectivity index (χ4v) is 2.24. The third-order valence-corrected chi connectivity index (χ3v) is 5.06. The molecule has 0 fully saturated rings. The molecule has 0 unspecified atom stereocenters. The first-order valence-electron chi connectivity index (χ1n) is 6.13. The van der Waals surface area contributed by atoms with Crippen molar-refractivity contribution in [3.05, 3.63) is 11.4 Å². The summed E-state index contributed by atoms with van der Waals surface area (Å²) in [5.41, 5.74) is 1.15. The van der Waals surface area contributed by atoms with E-state index in [-0.39, 0.29) is 0 Å². The van der Waals surface area contributed by atoms with E-state index in [0.29, 0.717) is 5.69 Å². The third-order valence-electron chi connectivity index (χ3n) is 2.70. The highest BCUT2D eigenvalue weighted by molar-refractivity contribution is 6.75. The van der Waals surface area contributed by atoms with Crippen LogP contribution in [0.5, 0.6) is 0 Å². The van der Waals surface area contributed by atoms with Crippen molar-refractivity contribution < 1.29 is 0 Å². The molecule has 19 heavy (non-hydrogen) atoms. The van der Waals surface area contributed by atoms with Crippen molar-refractivity contribution in [2.24, 2.45) is 0 Å². The fraction of sp³-hybridized carbons (Fsp3) is 0.818. The normalized spacial score (nSPS) is 13.0. The van der Waals surface area contributed by atoms with Crippen LogP contribution in [0.1, 0.15) is 44.5 Å². The second-order valence-corrected chi connectivity index (χ2v) is 7.89. The monoisotopic (exact) mass is 365 g/mol. The lowest BCUT2D eigenvalue weighted by molar-refractivity contribution is 0.530. The van der Waals surface area contributed by atoms with E-state index in [4.69, 9.17) is 58.0 Å². The van der Waals surface area contributed by atoms with Gasteiger partial charge in [-0.05, 0) is 12.8 Å². The molecule has 0 aromatic carbocycles. The minimum atomic E-state index is -1.87. The maximum absolute atomic E-state index is 6.18. The predicted octanol–water partition coefficient (Wildman–Crippen LogP) is 5.03. The van der Waals surface area contributed by atoms with Crippen LogP contribution in [0.4, 0.5) is 0 Å². The van der Waals surface area contributed by atoms with Crippen LogP contribution in [0.25, 0.3) is 0 Å². The van der Waals surface area contributed by atoms with Crippen LogP contribution in [0.3, 0.4) is 0 Å². The topological polar surface area (TPSA) is 30.7 Å². The van der Waals surface area contributed by atoms with Crippen LogP contribution < -0.4 is 0 Å². The average molecular weight is 368 g/mol. The molecular weight excluding hydrogens is 351 g/mol. The van der Waals surface area contributed by atoms with Crippen LogP contribution in [0, 0.1) is 0 Å². The molecule has 8 heteroatoms. The van der Waals surface area contributed by atoms with Crippen LogP contribution in [0.15, 0.2) is 0 Å². The Morgan fingerprint density at radius 3 is 2.16 bits per heavy atom. The highest BCUT2D eigenvalue weighted by atomic mass is 35.6. The van der Waals surface area contributed by atoms with Crippen molar-refractivity contribution in [1.29, 1.82) is 0 Å². The van der Waals surface area contributed by atoms with E-state index in [0.717, 1.165) is 37.9 Å². The molecule has 0 N–H and O–H groups in total. The summed E-state index contributed by atoms with van der Waals surface area (Å²) in [7, 11) is 0. The van der Waals surface area contributed by atoms with E-state index in [1.165, 1.54) is 0 Å². The molecule has 0 radical (unpaired) electrons. The van der Waals surface area contributed by atoms with Crippen LogP contribution in [-0.2, 0) is 17.3 Å². The summed E-state index contributed by atoms with van der Waals surface area (Å²) in [5.74, 6) is 0. The van der Waals surface area contributed by atoms with Crippen LogP contribution in [0.2, 0.25) is 0 Å². The van der Waals surface area contributed by atoms with Crippen molar-refractivity contribution >= 4 is 58.0 Å². The van der Waals surface area contributed by atoms with Crippen molar-refractivity contribution in [3.63, 3.8) is 0 Å². The van der Waals surface area contributed by atoms with Crippen LogP contribution >= 0.6 is 58.0 Å². The first kappa shape index (κ1) is 17.6. The average Bonchev–Trinajstić information content (AvgIpc) is 2.69. The first-order valence-corrected chi connectivity index (χ1v) is 8.02. The van der Waals surface area contributed by atoms with Gasteiger partial charge in [-0.25, -0.2) is 4.68 Å². The summed E-state index contributed by atoms with van der Waals surface area (Å²) in [6, 6.07) is 0. The van der Waals surface area contributed by atoms with Gasteiger partial charge in [0.2, 0.25) is 8.13 Å². The number of hydrogen-bond acceptors (Lipinski definition) is 2. The van der Waals surface area contributed by atoms with Crippen LogP contribution in [-0.4, -0.2) is 18.8 Å². The Morgan fingerprint density at radius 1 is 1.05 bits per heavy atom. The zero-order valence-corrected chi connectivity index (χ0v) is 14.5. The summed E-state index contributed by atoms with van der Waals surface area (Å²) in [6.07, 6.45) is 3.67. The first-order chi connectivity index (χ1) is 8.75. The van der Waals surface area contributed by atoms with Gasteiger partial charge in [-0.15, -0.1) is 5.10 Å². The maximum atomic E-state index is 6.18. The van der Waals surface area contributed by atoms with Gasteiger partial charge < -0.3 is 0 Å². The second kappa shape index (κ2) is 7.04. The minimum absolute atomic E-state index is 0.328. The lowest BCUT2D eigenvalue weighted by Crippen LogP contribution is -2.30. The Balaban J connectivity index is 3.17. The van der Waals surface area contributed by atoms with Crippen molar-refractivity contribution in [2.45, 2.75) is 54.2 Å². The Labute approximate surface area is 138 Å². The molecule has 1 heterocycles. The fourth-order valence-electron chi connectivity index (χ4n) is 1.68. The highest BCUT2D eigenvalue weighted by Gasteiger charge is 2.51. The van der Waals surface area contributed by atoms with Gasteiger partial charge in [-0.2, -0.15) is 0 Å². The zero-order valence-electron chi connectivity index (χ0n) is 10.8. The molecule has 1 aromatic heterocycles. The quantitative estimate of drug-likeness (QED) is 0.660. The Morgan fingerprint density at radius 2 is 1.68 bits per heavy atom. The molecule has 110 valence electrons. The van der Waals surface area contributed by atoms with Gasteiger partial charge in [-0.3, -0.25) is 0 Å². The van der Waals surface area contributed by atoms with Crippen molar-refractivity contribution in [1.82, 2.24) is 15.0 Å². The molecule has 0 spiro atoms. The van der Waals surface area contributed by atoms with E-state index >= 15 is 0 Å². The highest BCUT2D eigenvalue weighted by Crippen LogP contribution is 2.53. The number of hydrogen-bond donors (Lipinski definition) is 0. The Hall–Kier alpha value is 0.590. The smallest absolute Gasteiger partial charge is 0.228 e. The molecule has 0 saturated carbocycles. The maximum Gasteiger partial charge on any atom is 0.228 e. The number of aryl methyl sites for hydroxylation is 1. The molecule has 0 aliphatic rings. The number of aromatic nitrogens is 3. The van der Waals surface area contributed by atoms with Gasteiger partial charge in [0, 0.05) is 6.54 Å². The lowest BCUT2D eigenvalue weighted by Gasteiger charge is -2.26. The summed E-state index contributed by atoms with van der Waals surface area (Å²) < 4.78 is -1.80. The number of nitrogens with zero attached hydrogens (tertiary/aromatic N) is 3. The van der Waals surface area contributed by atoms with Gasteiger partial charge in [0.1, 0.15) is 5.69 Å². The molecule has 0 bridgehead atoms.